The monoisotopic (exact) mass is 286 g/mol. The van der Waals surface area contributed by atoms with E-state index in [0.29, 0.717) is 6.54 Å². The number of hydrogen-bond acceptors (Lipinski definition) is 3. The van der Waals surface area contributed by atoms with Crippen LogP contribution in [0.3, 0.4) is 0 Å². The molecule has 0 aliphatic carbocycles. The Bertz CT molecular complexity index is 435. The molecule has 1 aromatic rings. The molecule has 0 saturated carbocycles. The van der Waals surface area contributed by atoms with Crippen LogP contribution >= 0.6 is 0 Å². The smallest absolute Gasteiger partial charge is 0.231 e. The summed E-state index contributed by atoms with van der Waals surface area (Å²) >= 11 is 0. The lowest BCUT2D eigenvalue weighted by Gasteiger charge is -2.24. The largest absolute Gasteiger partial charge is 0.387 e. The van der Waals surface area contributed by atoms with Gasteiger partial charge in [0.25, 0.3) is 0 Å². The molecule has 1 atom stereocenters. The molecule has 0 radical (unpaired) electrons. The molecule has 0 heterocycles. The molecule has 4 nitrogen and oxygen atoms in total. The van der Waals surface area contributed by atoms with Crippen LogP contribution in [0.25, 0.3) is 0 Å². The van der Waals surface area contributed by atoms with Gasteiger partial charge in [-0.3, -0.25) is 9.69 Å². The number of nitrogens with two attached hydrogens (primary N) is 1. The van der Waals surface area contributed by atoms with Crippen molar-refractivity contribution in [3.8, 4) is 0 Å². The topological polar surface area (TPSA) is 66.6 Å². The lowest BCUT2D eigenvalue weighted by Crippen LogP contribution is -2.37. The summed E-state index contributed by atoms with van der Waals surface area (Å²) in [6.45, 7) is 2.43. The number of carbonyl (C=O) groups is 1. The Labute approximate surface area is 117 Å². The van der Waals surface area contributed by atoms with Crippen LogP contribution in [0.15, 0.2) is 18.2 Å². The van der Waals surface area contributed by atoms with Crippen molar-refractivity contribution in [1.82, 2.24) is 4.90 Å². The van der Waals surface area contributed by atoms with E-state index in [0.717, 1.165) is 25.0 Å². The van der Waals surface area contributed by atoms with Crippen molar-refractivity contribution in [1.29, 1.82) is 0 Å². The summed E-state index contributed by atoms with van der Waals surface area (Å²) in [6.07, 6.45) is 0.367. The van der Waals surface area contributed by atoms with Crippen molar-refractivity contribution >= 4 is 5.91 Å². The van der Waals surface area contributed by atoms with Crippen LogP contribution < -0.4 is 5.73 Å². The number of benzene rings is 1. The Morgan fingerprint density at radius 3 is 2.50 bits per heavy atom. The fraction of sp³-hybridized carbons (Fsp3) is 0.500. The molecule has 20 heavy (non-hydrogen) atoms. The highest BCUT2D eigenvalue weighted by Crippen LogP contribution is 2.21. The summed E-state index contributed by atoms with van der Waals surface area (Å²) in [7, 11) is 0. The number of halogens is 2. The number of aliphatic hydroxyl groups excluding tert-OH is 1. The van der Waals surface area contributed by atoms with Crippen LogP contribution in [-0.2, 0) is 4.79 Å². The predicted octanol–water partition coefficient (Wildman–Crippen LogP) is 1.59. The van der Waals surface area contributed by atoms with Crippen molar-refractivity contribution in [3.63, 3.8) is 0 Å². The number of aliphatic hydroxyl groups is 1. The van der Waals surface area contributed by atoms with Crippen LogP contribution in [0, 0.1) is 11.6 Å². The van der Waals surface area contributed by atoms with E-state index in [2.05, 4.69) is 0 Å². The normalized spacial score (nSPS) is 12.7. The maximum atomic E-state index is 13.6. The summed E-state index contributed by atoms with van der Waals surface area (Å²) < 4.78 is 27.1. The third-order valence-electron chi connectivity index (χ3n) is 2.97. The fourth-order valence-electron chi connectivity index (χ4n) is 2.00. The summed E-state index contributed by atoms with van der Waals surface area (Å²) in [5, 5.41) is 9.99. The number of unbranched alkanes of at least 4 members (excludes halogenated alkanes) is 1. The molecular weight excluding hydrogens is 266 g/mol. The first kappa shape index (κ1) is 16.5. The molecular formula is C14H20F2N2O2. The average Bonchev–Trinajstić information content (AvgIpc) is 2.35. The highest BCUT2D eigenvalue weighted by atomic mass is 19.1. The van der Waals surface area contributed by atoms with Gasteiger partial charge in [-0.15, -0.1) is 0 Å². The Morgan fingerprint density at radius 2 is 2.00 bits per heavy atom. The molecule has 0 fully saturated rings. The minimum absolute atomic E-state index is 0.0409. The van der Waals surface area contributed by atoms with Gasteiger partial charge in [-0.25, -0.2) is 8.78 Å². The van der Waals surface area contributed by atoms with Crippen molar-refractivity contribution in [3.05, 3.63) is 35.4 Å². The van der Waals surface area contributed by atoms with Crippen molar-refractivity contribution in [2.24, 2.45) is 5.73 Å². The average molecular weight is 286 g/mol. The SMILES string of the molecule is CCCCN(CC(N)=O)CC(O)c1c(F)cccc1F. The minimum atomic E-state index is -1.34. The third-order valence-corrected chi connectivity index (χ3v) is 2.97. The summed E-state index contributed by atoms with van der Waals surface area (Å²) in [5.41, 5.74) is 4.75. The van der Waals surface area contributed by atoms with Crippen LogP contribution in [0.4, 0.5) is 8.78 Å². The first-order chi connectivity index (χ1) is 9.45. The minimum Gasteiger partial charge on any atom is -0.387 e. The molecule has 1 unspecified atom stereocenters. The molecule has 1 aromatic carbocycles. The van der Waals surface area contributed by atoms with Gasteiger partial charge in [0.15, 0.2) is 0 Å². The standard InChI is InChI=1S/C14H20F2N2O2/c1-2-3-7-18(9-13(17)20)8-12(19)14-10(15)5-4-6-11(14)16/h4-6,12,19H,2-3,7-9H2,1H3,(H2,17,20). The maximum Gasteiger partial charge on any atom is 0.231 e. The fourth-order valence-corrected chi connectivity index (χ4v) is 2.00. The van der Waals surface area contributed by atoms with Crippen LogP contribution in [0.1, 0.15) is 31.4 Å². The molecule has 6 heteroatoms. The van der Waals surface area contributed by atoms with E-state index in [9.17, 15) is 18.7 Å². The number of primary amides is 1. The molecule has 0 saturated heterocycles. The van der Waals surface area contributed by atoms with Gasteiger partial charge >= 0.3 is 0 Å². The number of hydrogen-bond donors (Lipinski definition) is 2. The molecule has 1 rings (SSSR count). The number of rotatable bonds is 8. The van der Waals surface area contributed by atoms with Crippen molar-refractivity contribution in [2.75, 3.05) is 19.6 Å². The van der Waals surface area contributed by atoms with Crippen LogP contribution in [0.5, 0.6) is 0 Å². The lowest BCUT2D eigenvalue weighted by atomic mass is 10.1. The van der Waals surface area contributed by atoms with E-state index in [1.807, 2.05) is 6.92 Å². The molecule has 0 aromatic heterocycles. The van der Waals surface area contributed by atoms with E-state index in [1.165, 1.54) is 6.07 Å². The maximum absolute atomic E-state index is 13.6. The van der Waals surface area contributed by atoms with E-state index in [1.54, 1.807) is 4.90 Å². The van der Waals surface area contributed by atoms with Gasteiger partial charge in [-0.2, -0.15) is 0 Å². The lowest BCUT2D eigenvalue weighted by molar-refractivity contribution is -0.119. The zero-order valence-electron chi connectivity index (χ0n) is 11.5. The number of carbonyl (C=O) groups excluding carboxylic acids is 1. The predicted molar refractivity (Wildman–Crippen MR) is 71.9 cm³/mol. The molecule has 0 spiro atoms. The van der Waals surface area contributed by atoms with Gasteiger partial charge in [0.2, 0.25) is 5.91 Å². The zero-order chi connectivity index (χ0) is 15.1. The summed E-state index contributed by atoms with van der Waals surface area (Å²) in [5.74, 6) is -2.14. The van der Waals surface area contributed by atoms with Gasteiger partial charge < -0.3 is 10.8 Å². The van der Waals surface area contributed by atoms with Gasteiger partial charge in [0.05, 0.1) is 18.2 Å². The molecule has 0 bridgehead atoms. The zero-order valence-corrected chi connectivity index (χ0v) is 11.5. The quantitative estimate of drug-likeness (QED) is 0.762. The van der Waals surface area contributed by atoms with Gasteiger partial charge in [0.1, 0.15) is 11.6 Å². The van der Waals surface area contributed by atoms with Gasteiger partial charge in [-0.05, 0) is 25.1 Å². The Hall–Kier alpha value is -1.53. The molecule has 112 valence electrons. The van der Waals surface area contributed by atoms with E-state index < -0.39 is 23.6 Å². The summed E-state index contributed by atoms with van der Waals surface area (Å²) in [6, 6.07) is 3.41. The Balaban J connectivity index is 2.78. The second-order valence-electron chi connectivity index (χ2n) is 4.71. The second kappa shape index (κ2) is 7.91. The summed E-state index contributed by atoms with van der Waals surface area (Å²) in [4.78, 5) is 12.6. The highest BCUT2D eigenvalue weighted by molar-refractivity contribution is 5.75. The van der Waals surface area contributed by atoms with Crippen molar-refractivity contribution in [2.45, 2.75) is 25.9 Å². The van der Waals surface area contributed by atoms with E-state index >= 15 is 0 Å². The molecule has 0 aliphatic rings. The third kappa shape index (κ3) is 4.86. The number of nitrogens with zero attached hydrogens (tertiary/aromatic N) is 1. The van der Waals surface area contributed by atoms with Gasteiger partial charge in [0, 0.05) is 6.54 Å². The van der Waals surface area contributed by atoms with E-state index in [4.69, 9.17) is 5.73 Å². The van der Waals surface area contributed by atoms with E-state index in [-0.39, 0.29) is 18.7 Å². The second-order valence-corrected chi connectivity index (χ2v) is 4.71. The van der Waals surface area contributed by atoms with Crippen molar-refractivity contribution < 1.29 is 18.7 Å². The number of amides is 1. The van der Waals surface area contributed by atoms with Crippen LogP contribution in [-0.4, -0.2) is 35.5 Å². The Kier molecular flexibility index (Phi) is 6.54. The molecule has 0 aliphatic heterocycles. The highest BCUT2D eigenvalue weighted by Gasteiger charge is 2.21. The first-order valence-corrected chi connectivity index (χ1v) is 6.58. The Morgan fingerprint density at radius 1 is 1.40 bits per heavy atom. The first-order valence-electron chi connectivity index (χ1n) is 6.58. The molecule has 1 amide bonds. The van der Waals surface area contributed by atoms with Crippen LogP contribution in [0.2, 0.25) is 0 Å². The molecule has 3 N–H and O–H groups in total. The van der Waals surface area contributed by atoms with Gasteiger partial charge in [-0.1, -0.05) is 19.4 Å².